The van der Waals surface area contributed by atoms with Crippen molar-refractivity contribution < 1.29 is 14.3 Å². The van der Waals surface area contributed by atoms with E-state index in [0.29, 0.717) is 41.7 Å². The predicted octanol–water partition coefficient (Wildman–Crippen LogP) is 2.17. The zero-order chi connectivity index (χ0) is 16.2. The second-order valence-electron chi connectivity index (χ2n) is 5.27. The Morgan fingerprint density at radius 2 is 2.17 bits per heavy atom. The normalized spacial score (nSPS) is 15.6. The first-order valence-electron chi connectivity index (χ1n) is 7.40. The maximum atomic E-state index is 12.3. The van der Waals surface area contributed by atoms with Gasteiger partial charge in [0.05, 0.1) is 37.6 Å². The smallest absolute Gasteiger partial charge is 0.238 e. The van der Waals surface area contributed by atoms with E-state index in [2.05, 4.69) is 15.2 Å². The van der Waals surface area contributed by atoms with E-state index in [0.717, 1.165) is 18.5 Å². The first-order chi connectivity index (χ1) is 11.2. The van der Waals surface area contributed by atoms with Crippen molar-refractivity contribution in [2.45, 2.75) is 0 Å². The highest BCUT2D eigenvalue weighted by Gasteiger charge is 2.17. The molecule has 0 bridgehead atoms. The van der Waals surface area contributed by atoms with Gasteiger partial charge in [-0.05, 0) is 18.2 Å². The van der Waals surface area contributed by atoms with Crippen molar-refractivity contribution >= 4 is 34.1 Å². The maximum Gasteiger partial charge on any atom is 0.238 e. The molecule has 0 unspecified atom stereocenters. The number of benzene rings is 1. The van der Waals surface area contributed by atoms with Gasteiger partial charge in [0.1, 0.15) is 5.52 Å². The second kappa shape index (κ2) is 7.12. The lowest BCUT2D eigenvalue weighted by molar-refractivity contribution is -0.118. The maximum absolute atomic E-state index is 12.3. The Morgan fingerprint density at radius 1 is 1.39 bits per heavy atom. The van der Waals surface area contributed by atoms with Crippen molar-refractivity contribution in [2.24, 2.45) is 0 Å². The Balaban J connectivity index is 1.80. The molecule has 2 heterocycles. The minimum atomic E-state index is -0.0911. The van der Waals surface area contributed by atoms with E-state index in [-0.39, 0.29) is 5.91 Å². The molecule has 1 aromatic carbocycles. The van der Waals surface area contributed by atoms with Crippen LogP contribution >= 0.6 is 11.6 Å². The summed E-state index contributed by atoms with van der Waals surface area (Å²) in [5.41, 5.74) is 1.22. The molecule has 0 spiro atoms. The Kier molecular flexibility index (Phi) is 4.95. The van der Waals surface area contributed by atoms with Crippen LogP contribution in [0.4, 0.5) is 5.69 Å². The number of morpholine rings is 1. The molecule has 1 fully saturated rings. The zero-order valence-electron chi connectivity index (χ0n) is 12.8. The van der Waals surface area contributed by atoms with Crippen molar-refractivity contribution in [1.82, 2.24) is 9.88 Å². The molecule has 6 nitrogen and oxygen atoms in total. The van der Waals surface area contributed by atoms with Crippen LogP contribution in [0, 0.1) is 0 Å². The third kappa shape index (κ3) is 3.55. The van der Waals surface area contributed by atoms with E-state index < -0.39 is 0 Å². The molecule has 0 saturated carbocycles. The average Bonchev–Trinajstić information content (AvgIpc) is 2.55. The third-order valence-corrected chi connectivity index (χ3v) is 4.09. The Bertz CT molecular complexity index is 717. The number of anilines is 1. The van der Waals surface area contributed by atoms with E-state index in [9.17, 15) is 4.79 Å². The summed E-state index contributed by atoms with van der Waals surface area (Å²) >= 11 is 6.17. The van der Waals surface area contributed by atoms with Crippen molar-refractivity contribution in [3.05, 3.63) is 29.4 Å². The lowest BCUT2D eigenvalue weighted by Crippen LogP contribution is -2.41. The first-order valence-corrected chi connectivity index (χ1v) is 7.78. The van der Waals surface area contributed by atoms with E-state index in [1.165, 1.54) is 0 Å². The number of halogens is 1. The number of fused-ring (bicyclic) bond motifs is 1. The van der Waals surface area contributed by atoms with Crippen LogP contribution in [0.3, 0.4) is 0 Å². The number of hydrogen-bond acceptors (Lipinski definition) is 5. The predicted molar refractivity (Wildman–Crippen MR) is 89.2 cm³/mol. The van der Waals surface area contributed by atoms with Gasteiger partial charge in [-0.2, -0.15) is 0 Å². The van der Waals surface area contributed by atoms with Gasteiger partial charge in [-0.25, -0.2) is 0 Å². The quantitative estimate of drug-likeness (QED) is 0.927. The fraction of sp³-hybridized carbons (Fsp3) is 0.375. The van der Waals surface area contributed by atoms with Crippen LogP contribution in [0.25, 0.3) is 10.9 Å². The highest BCUT2D eigenvalue weighted by atomic mass is 35.5. The Hall–Kier alpha value is -1.89. The summed E-state index contributed by atoms with van der Waals surface area (Å²) in [6.07, 6.45) is 1.62. The number of carbonyl (C=O) groups is 1. The molecule has 0 atom stereocenters. The molecular weight excluding hydrogens is 318 g/mol. The first kappa shape index (κ1) is 16.0. The number of aromatic nitrogens is 1. The second-order valence-corrected chi connectivity index (χ2v) is 5.68. The van der Waals surface area contributed by atoms with Gasteiger partial charge >= 0.3 is 0 Å². The number of amides is 1. The largest absolute Gasteiger partial charge is 0.492 e. The lowest BCUT2D eigenvalue weighted by atomic mass is 10.1. The summed E-state index contributed by atoms with van der Waals surface area (Å²) in [5.74, 6) is 0.423. The molecule has 1 amide bonds. The van der Waals surface area contributed by atoms with Gasteiger partial charge in [0, 0.05) is 24.7 Å². The molecule has 0 aliphatic carbocycles. The number of carbonyl (C=O) groups excluding carboxylic acids is 1. The minimum Gasteiger partial charge on any atom is -0.492 e. The molecule has 2 aromatic rings. The van der Waals surface area contributed by atoms with Gasteiger partial charge in [0.15, 0.2) is 5.75 Å². The summed E-state index contributed by atoms with van der Waals surface area (Å²) in [6.45, 7) is 3.18. The molecule has 23 heavy (non-hydrogen) atoms. The molecule has 1 aliphatic heterocycles. The van der Waals surface area contributed by atoms with E-state index in [4.69, 9.17) is 21.1 Å². The van der Waals surface area contributed by atoms with Crippen LogP contribution < -0.4 is 10.1 Å². The standard InChI is InChI=1S/C16H18ClN3O3/c1-22-16-13(3-2-11-12(17)4-5-18-15(11)16)19-14(21)10-20-6-8-23-9-7-20/h2-5H,6-10H2,1H3,(H,19,21). The van der Waals surface area contributed by atoms with Gasteiger partial charge in [0.25, 0.3) is 0 Å². The van der Waals surface area contributed by atoms with Gasteiger partial charge in [-0.1, -0.05) is 11.6 Å². The number of rotatable bonds is 4. The lowest BCUT2D eigenvalue weighted by Gasteiger charge is -2.26. The molecule has 1 saturated heterocycles. The van der Waals surface area contributed by atoms with E-state index >= 15 is 0 Å². The molecule has 1 aliphatic rings. The summed E-state index contributed by atoms with van der Waals surface area (Å²) in [7, 11) is 1.55. The van der Waals surface area contributed by atoms with Gasteiger partial charge in [0.2, 0.25) is 5.91 Å². The molecule has 1 N–H and O–H groups in total. The molecule has 0 radical (unpaired) electrons. The molecule has 3 rings (SSSR count). The average molecular weight is 336 g/mol. The van der Waals surface area contributed by atoms with Crippen LogP contribution in [-0.4, -0.2) is 55.7 Å². The van der Waals surface area contributed by atoms with Crippen LogP contribution in [0.15, 0.2) is 24.4 Å². The topological polar surface area (TPSA) is 63.7 Å². The minimum absolute atomic E-state index is 0.0911. The van der Waals surface area contributed by atoms with Crippen molar-refractivity contribution in [1.29, 1.82) is 0 Å². The van der Waals surface area contributed by atoms with E-state index in [1.54, 1.807) is 25.4 Å². The number of methoxy groups -OCH3 is 1. The third-order valence-electron chi connectivity index (χ3n) is 3.76. The summed E-state index contributed by atoms with van der Waals surface area (Å²) < 4.78 is 10.7. The molecule has 7 heteroatoms. The number of ether oxygens (including phenoxy) is 2. The highest BCUT2D eigenvalue weighted by Crippen LogP contribution is 2.35. The summed E-state index contributed by atoms with van der Waals surface area (Å²) in [4.78, 5) is 18.6. The van der Waals surface area contributed by atoms with Crippen LogP contribution in [0.1, 0.15) is 0 Å². The van der Waals surface area contributed by atoms with Crippen LogP contribution in [-0.2, 0) is 9.53 Å². The number of hydrogen-bond donors (Lipinski definition) is 1. The van der Waals surface area contributed by atoms with Gasteiger partial charge < -0.3 is 14.8 Å². The van der Waals surface area contributed by atoms with Crippen LogP contribution in [0.5, 0.6) is 5.75 Å². The molecule has 122 valence electrons. The van der Waals surface area contributed by atoms with E-state index in [1.807, 2.05) is 6.07 Å². The zero-order valence-corrected chi connectivity index (χ0v) is 13.6. The van der Waals surface area contributed by atoms with Crippen molar-refractivity contribution in [3.8, 4) is 5.75 Å². The Morgan fingerprint density at radius 3 is 2.91 bits per heavy atom. The number of nitrogens with zero attached hydrogens (tertiary/aromatic N) is 2. The van der Waals surface area contributed by atoms with Crippen molar-refractivity contribution in [2.75, 3.05) is 45.3 Å². The monoisotopic (exact) mass is 335 g/mol. The Labute approximate surface area is 139 Å². The van der Waals surface area contributed by atoms with Crippen LogP contribution in [0.2, 0.25) is 5.02 Å². The van der Waals surface area contributed by atoms with Gasteiger partial charge in [-0.3, -0.25) is 14.7 Å². The summed E-state index contributed by atoms with van der Waals surface area (Å²) in [6, 6.07) is 5.34. The molecular formula is C16H18ClN3O3. The number of pyridine rings is 1. The number of nitrogens with one attached hydrogen (secondary N) is 1. The summed E-state index contributed by atoms with van der Waals surface area (Å²) in [5, 5.41) is 4.28. The van der Waals surface area contributed by atoms with Crippen molar-refractivity contribution in [3.63, 3.8) is 0 Å². The SMILES string of the molecule is COc1c(NC(=O)CN2CCOCC2)ccc2c(Cl)ccnc12. The fourth-order valence-corrected chi connectivity index (χ4v) is 2.83. The highest BCUT2D eigenvalue weighted by molar-refractivity contribution is 6.35. The molecule has 1 aromatic heterocycles. The fourth-order valence-electron chi connectivity index (χ4n) is 2.62. The van der Waals surface area contributed by atoms with Gasteiger partial charge in [-0.15, -0.1) is 0 Å².